The molecule has 4 heteroatoms. The number of nitrogens with one attached hydrogen (secondary N) is 1. The molecule has 0 aromatic rings. The Bertz CT molecular complexity index is 196. The summed E-state index contributed by atoms with van der Waals surface area (Å²) in [6, 6.07) is 0. The first-order chi connectivity index (χ1) is 8.49. The molecule has 0 saturated carbocycles. The van der Waals surface area contributed by atoms with Crippen molar-refractivity contribution >= 4 is 6.47 Å². The fourth-order valence-electron chi connectivity index (χ4n) is 1.83. The van der Waals surface area contributed by atoms with E-state index in [0.717, 1.165) is 12.5 Å². The second kappa shape index (κ2) is 10.3. The van der Waals surface area contributed by atoms with Crippen molar-refractivity contribution < 1.29 is 14.3 Å². The molecular formula is C14H29NO3. The topological polar surface area (TPSA) is 47.6 Å². The molecule has 18 heavy (non-hydrogen) atoms. The summed E-state index contributed by atoms with van der Waals surface area (Å²) in [5.74, 6) is 0.916. The normalized spacial score (nSPS) is 19.7. The molecule has 1 N–H and O–H groups in total. The molecule has 1 heterocycles. The zero-order chi connectivity index (χ0) is 13.9. The minimum atomic E-state index is -0.318. The summed E-state index contributed by atoms with van der Waals surface area (Å²) in [6.07, 6.45) is 5.33. The largest absolute Gasteiger partial charge is 0.462 e. The van der Waals surface area contributed by atoms with Gasteiger partial charge in [0.25, 0.3) is 6.47 Å². The van der Waals surface area contributed by atoms with E-state index in [2.05, 4.69) is 10.1 Å². The van der Waals surface area contributed by atoms with Crippen LogP contribution in [0.3, 0.4) is 0 Å². The smallest absolute Gasteiger partial charge is 0.293 e. The third kappa shape index (κ3) is 11.9. The quantitative estimate of drug-likeness (QED) is 0.608. The van der Waals surface area contributed by atoms with Gasteiger partial charge in [0.05, 0.1) is 0 Å². The van der Waals surface area contributed by atoms with Gasteiger partial charge < -0.3 is 14.8 Å². The van der Waals surface area contributed by atoms with Gasteiger partial charge in [-0.15, -0.1) is 0 Å². The number of piperidine rings is 1. The second-order valence-electron chi connectivity index (χ2n) is 5.67. The van der Waals surface area contributed by atoms with Gasteiger partial charge >= 0.3 is 0 Å². The van der Waals surface area contributed by atoms with Crippen LogP contribution >= 0.6 is 0 Å². The van der Waals surface area contributed by atoms with Crippen molar-refractivity contribution in [2.24, 2.45) is 5.92 Å². The number of hydrogen-bond acceptors (Lipinski definition) is 4. The van der Waals surface area contributed by atoms with E-state index in [-0.39, 0.29) is 5.60 Å². The van der Waals surface area contributed by atoms with Crippen molar-refractivity contribution in [2.45, 2.75) is 52.1 Å². The predicted molar refractivity (Wildman–Crippen MR) is 73.6 cm³/mol. The van der Waals surface area contributed by atoms with Crippen LogP contribution in [0.15, 0.2) is 0 Å². The molecular weight excluding hydrogens is 230 g/mol. The third-order valence-electron chi connectivity index (χ3n) is 2.76. The minimum absolute atomic E-state index is 0.318. The second-order valence-corrected chi connectivity index (χ2v) is 5.67. The van der Waals surface area contributed by atoms with E-state index in [1.807, 2.05) is 20.8 Å². The van der Waals surface area contributed by atoms with Crippen molar-refractivity contribution in [1.82, 2.24) is 5.32 Å². The average molecular weight is 259 g/mol. The third-order valence-corrected chi connectivity index (χ3v) is 2.76. The van der Waals surface area contributed by atoms with Crippen LogP contribution in [-0.4, -0.2) is 38.9 Å². The number of ether oxygens (including phenoxy) is 2. The number of rotatable bonds is 5. The number of carbonyl (C=O) groups is 1. The van der Waals surface area contributed by atoms with Crippen LogP contribution < -0.4 is 5.32 Å². The number of carbonyl (C=O) groups excluding carboxylic acids is 1. The van der Waals surface area contributed by atoms with Gasteiger partial charge in [-0.1, -0.05) is 0 Å². The molecule has 1 atom stereocenters. The van der Waals surface area contributed by atoms with Crippen molar-refractivity contribution in [3.63, 3.8) is 0 Å². The van der Waals surface area contributed by atoms with Gasteiger partial charge in [-0.25, -0.2) is 0 Å². The van der Waals surface area contributed by atoms with Gasteiger partial charge in [0.15, 0.2) is 0 Å². The highest BCUT2D eigenvalue weighted by atomic mass is 16.5. The Morgan fingerprint density at radius 1 is 1.39 bits per heavy atom. The Labute approximate surface area is 111 Å². The SMILES string of the molecule is CC(C)(C)OC=O.COCCCC1CCCNC1. The molecule has 0 aliphatic carbocycles. The lowest BCUT2D eigenvalue weighted by Gasteiger charge is -2.22. The molecule has 0 radical (unpaired) electrons. The van der Waals surface area contributed by atoms with Crippen LogP contribution in [0.25, 0.3) is 0 Å². The molecule has 0 aromatic carbocycles. The minimum Gasteiger partial charge on any atom is -0.462 e. The zero-order valence-electron chi connectivity index (χ0n) is 12.3. The summed E-state index contributed by atoms with van der Waals surface area (Å²) in [4.78, 5) is 9.60. The molecule has 4 nitrogen and oxygen atoms in total. The standard InChI is InChI=1S/C9H19NO.C5H10O2/c1-11-7-3-5-9-4-2-6-10-8-9;1-5(2,3)7-4-6/h9-10H,2-8H2,1H3;4H,1-3H3. The van der Waals surface area contributed by atoms with E-state index in [4.69, 9.17) is 4.74 Å². The van der Waals surface area contributed by atoms with Gasteiger partial charge in [0.1, 0.15) is 5.60 Å². The van der Waals surface area contributed by atoms with E-state index < -0.39 is 0 Å². The molecule has 1 fully saturated rings. The van der Waals surface area contributed by atoms with Gasteiger partial charge in [-0.2, -0.15) is 0 Å². The van der Waals surface area contributed by atoms with E-state index in [9.17, 15) is 4.79 Å². The molecule has 0 bridgehead atoms. The fraction of sp³-hybridized carbons (Fsp3) is 0.929. The summed E-state index contributed by atoms with van der Waals surface area (Å²) < 4.78 is 9.56. The first kappa shape index (κ1) is 17.4. The lowest BCUT2D eigenvalue weighted by Crippen LogP contribution is -2.29. The molecule has 1 aliphatic rings. The van der Waals surface area contributed by atoms with Crippen LogP contribution in [-0.2, 0) is 14.3 Å². The van der Waals surface area contributed by atoms with Crippen LogP contribution in [0.4, 0.5) is 0 Å². The molecule has 1 saturated heterocycles. The molecule has 0 aromatic heterocycles. The molecule has 1 unspecified atom stereocenters. The Kier molecular flexibility index (Phi) is 9.98. The maximum atomic E-state index is 9.60. The first-order valence-electron chi connectivity index (χ1n) is 6.80. The summed E-state index contributed by atoms with van der Waals surface area (Å²) in [5, 5.41) is 3.42. The first-order valence-corrected chi connectivity index (χ1v) is 6.80. The van der Waals surface area contributed by atoms with E-state index in [0.29, 0.717) is 6.47 Å². The monoisotopic (exact) mass is 259 g/mol. The maximum absolute atomic E-state index is 9.60. The van der Waals surface area contributed by atoms with E-state index in [1.54, 1.807) is 7.11 Å². The highest BCUT2D eigenvalue weighted by molar-refractivity contribution is 5.37. The van der Waals surface area contributed by atoms with Gasteiger partial charge in [-0.05, 0) is 65.5 Å². The Morgan fingerprint density at radius 2 is 2.11 bits per heavy atom. The van der Waals surface area contributed by atoms with Gasteiger partial charge in [-0.3, -0.25) is 4.79 Å². The summed E-state index contributed by atoms with van der Waals surface area (Å²) >= 11 is 0. The van der Waals surface area contributed by atoms with E-state index in [1.165, 1.54) is 38.8 Å². The number of methoxy groups -OCH3 is 1. The highest BCUT2D eigenvalue weighted by Gasteiger charge is 2.11. The van der Waals surface area contributed by atoms with Crippen molar-refractivity contribution in [3.8, 4) is 0 Å². The van der Waals surface area contributed by atoms with Crippen LogP contribution in [0.1, 0.15) is 46.5 Å². The Morgan fingerprint density at radius 3 is 2.50 bits per heavy atom. The predicted octanol–water partition coefficient (Wildman–Crippen LogP) is 2.37. The highest BCUT2D eigenvalue weighted by Crippen LogP contribution is 2.15. The molecule has 0 spiro atoms. The molecule has 1 rings (SSSR count). The lowest BCUT2D eigenvalue weighted by atomic mass is 9.95. The van der Waals surface area contributed by atoms with Crippen molar-refractivity contribution in [1.29, 1.82) is 0 Å². The zero-order valence-corrected chi connectivity index (χ0v) is 12.3. The Balaban J connectivity index is 0.000000360. The van der Waals surface area contributed by atoms with Crippen molar-refractivity contribution in [3.05, 3.63) is 0 Å². The van der Waals surface area contributed by atoms with Gasteiger partial charge in [0, 0.05) is 13.7 Å². The lowest BCUT2D eigenvalue weighted by molar-refractivity contribution is -0.138. The average Bonchev–Trinajstić information content (AvgIpc) is 2.30. The summed E-state index contributed by atoms with van der Waals surface area (Å²) in [6.45, 7) is 9.30. The summed E-state index contributed by atoms with van der Waals surface area (Å²) in [7, 11) is 1.78. The van der Waals surface area contributed by atoms with Crippen molar-refractivity contribution in [2.75, 3.05) is 26.8 Å². The van der Waals surface area contributed by atoms with Crippen LogP contribution in [0.5, 0.6) is 0 Å². The van der Waals surface area contributed by atoms with Crippen LogP contribution in [0, 0.1) is 5.92 Å². The fourth-order valence-corrected chi connectivity index (χ4v) is 1.83. The molecule has 0 amide bonds. The number of hydrogen-bond donors (Lipinski definition) is 1. The van der Waals surface area contributed by atoms with Gasteiger partial charge in [0.2, 0.25) is 0 Å². The Hall–Kier alpha value is -0.610. The van der Waals surface area contributed by atoms with Crippen LogP contribution in [0.2, 0.25) is 0 Å². The summed E-state index contributed by atoms with van der Waals surface area (Å²) in [5.41, 5.74) is -0.318. The molecule has 108 valence electrons. The maximum Gasteiger partial charge on any atom is 0.293 e. The molecule has 1 aliphatic heterocycles. The van der Waals surface area contributed by atoms with E-state index >= 15 is 0 Å².